The molecule has 6 nitrogen and oxygen atoms in total. The summed E-state index contributed by atoms with van der Waals surface area (Å²) in [5.74, 6) is -0.127. The van der Waals surface area contributed by atoms with Gasteiger partial charge in [0.15, 0.2) is 11.3 Å². The van der Waals surface area contributed by atoms with E-state index in [2.05, 4.69) is 15.0 Å². The zero-order valence-electron chi connectivity index (χ0n) is 13.2. The lowest BCUT2D eigenvalue weighted by atomic mass is 10.1. The van der Waals surface area contributed by atoms with Gasteiger partial charge in [-0.15, -0.1) is 0 Å². The molecule has 0 atom stereocenters. The van der Waals surface area contributed by atoms with Crippen molar-refractivity contribution in [2.45, 2.75) is 19.3 Å². The summed E-state index contributed by atoms with van der Waals surface area (Å²) in [5.41, 5.74) is 2.43. The molecule has 0 spiro atoms. The first-order valence-corrected chi connectivity index (χ1v) is 8.17. The molecule has 122 valence electrons. The number of aromatic carboxylic acids is 1. The second-order valence-corrected chi connectivity index (χ2v) is 6.02. The van der Waals surface area contributed by atoms with E-state index in [9.17, 15) is 9.90 Å². The maximum Gasteiger partial charge on any atom is 0.356 e. The molecule has 0 unspecified atom stereocenters. The smallest absolute Gasteiger partial charge is 0.356 e. The maximum absolute atomic E-state index is 11.3. The van der Waals surface area contributed by atoms with E-state index < -0.39 is 5.97 Å². The molecule has 0 radical (unpaired) electrons. The molecule has 0 saturated carbocycles. The van der Waals surface area contributed by atoms with Crippen LogP contribution in [0.3, 0.4) is 0 Å². The second-order valence-electron chi connectivity index (χ2n) is 6.02. The molecule has 3 heterocycles. The minimum Gasteiger partial charge on any atom is -0.476 e. The fourth-order valence-corrected chi connectivity index (χ4v) is 3.17. The van der Waals surface area contributed by atoms with Crippen molar-refractivity contribution in [2.24, 2.45) is 0 Å². The Morgan fingerprint density at radius 2 is 1.79 bits per heavy atom. The van der Waals surface area contributed by atoms with Crippen molar-refractivity contribution in [1.82, 2.24) is 14.6 Å². The van der Waals surface area contributed by atoms with Crippen LogP contribution in [0.25, 0.3) is 16.9 Å². The Bertz CT molecular complexity index is 883. The maximum atomic E-state index is 11.3. The predicted octanol–water partition coefficient (Wildman–Crippen LogP) is 3.08. The molecule has 1 saturated heterocycles. The van der Waals surface area contributed by atoms with Gasteiger partial charge in [-0.3, -0.25) is 0 Å². The third kappa shape index (κ3) is 2.60. The third-order valence-electron chi connectivity index (χ3n) is 4.38. The number of carbonyl (C=O) groups is 1. The van der Waals surface area contributed by atoms with Gasteiger partial charge in [-0.25, -0.2) is 9.78 Å². The first kappa shape index (κ1) is 14.7. The number of carboxylic acids is 1. The number of carboxylic acid groups (broad SMARTS) is 1. The van der Waals surface area contributed by atoms with Crippen LogP contribution in [0, 0.1) is 0 Å². The van der Waals surface area contributed by atoms with E-state index >= 15 is 0 Å². The predicted molar refractivity (Wildman–Crippen MR) is 91.4 cm³/mol. The highest BCUT2D eigenvalue weighted by Crippen LogP contribution is 2.27. The molecule has 4 rings (SSSR count). The number of piperidine rings is 1. The molecule has 1 aliphatic rings. The summed E-state index contributed by atoms with van der Waals surface area (Å²) in [6.45, 7) is 1.91. The number of hydrogen-bond donors (Lipinski definition) is 1. The Kier molecular flexibility index (Phi) is 3.65. The minimum atomic E-state index is -1.04. The minimum absolute atomic E-state index is 0.0194. The normalized spacial score (nSPS) is 14.9. The molecule has 3 aromatic rings. The van der Waals surface area contributed by atoms with Crippen LogP contribution in [0.5, 0.6) is 0 Å². The molecular formula is C18H18N4O2. The summed E-state index contributed by atoms with van der Waals surface area (Å²) in [6, 6.07) is 13.5. The Balaban J connectivity index is 1.90. The molecule has 0 amide bonds. The van der Waals surface area contributed by atoms with Gasteiger partial charge in [0.05, 0.1) is 5.69 Å². The molecule has 6 heteroatoms. The summed E-state index contributed by atoms with van der Waals surface area (Å²) in [4.78, 5) is 18.2. The highest BCUT2D eigenvalue weighted by Gasteiger charge is 2.19. The highest BCUT2D eigenvalue weighted by atomic mass is 16.4. The first-order valence-electron chi connectivity index (χ1n) is 8.17. The Morgan fingerprint density at radius 3 is 2.50 bits per heavy atom. The molecule has 24 heavy (non-hydrogen) atoms. The monoisotopic (exact) mass is 322 g/mol. The van der Waals surface area contributed by atoms with E-state index in [-0.39, 0.29) is 5.69 Å². The SMILES string of the molecule is O=C(O)c1cc2nc(-c3ccccc3)cc(N3CCCCC3)n2n1. The number of rotatable bonds is 3. The van der Waals surface area contributed by atoms with E-state index in [4.69, 9.17) is 0 Å². The zero-order chi connectivity index (χ0) is 16.5. The van der Waals surface area contributed by atoms with E-state index in [0.29, 0.717) is 5.65 Å². The van der Waals surface area contributed by atoms with Gasteiger partial charge in [0, 0.05) is 30.8 Å². The standard InChI is InChI=1S/C18H18N4O2/c23-18(24)15-11-16-19-14(13-7-3-1-4-8-13)12-17(22(16)20-15)21-9-5-2-6-10-21/h1,3-4,7-8,11-12H,2,5-6,9-10H2,(H,23,24). The van der Waals surface area contributed by atoms with E-state index in [1.54, 1.807) is 4.52 Å². The fraction of sp³-hybridized carbons (Fsp3) is 0.278. The van der Waals surface area contributed by atoms with Gasteiger partial charge >= 0.3 is 5.97 Å². The summed E-state index contributed by atoms with van der Waals surface area (Å²) in [5, 5.41) is 13.5. The summed E-state index contributed by atoms with van der Waals surface area (Å²) >= 11 is 0. The van der Waals surface area contributed by atoms with Crippen LogP contribution >= 0.6 is 0 Å². The van der Waals surface area contributed by atoms with Crippen LogP contribution in [-0.4, -0.2) is 38.8 Å². The van der Waals surface area contributed by atoms with Gasteiger partial charge < -0.3 is 10.0 Å². The lowest BCUT2D eigenvalue weighted by molar-refractivity contribution is 0.0690. The van der Waals surface area contributed by atoms with Crippen molar-refractivity contribution in [2.75, 3.05) is 18.0 Å². The Labute approximate surface area is 139 Å². The number of nitrogens with zero attached hydrogens (tertiary/aromatic N) is 4. The van der Waals surface area contributed by atoms with Crippen molar-refractivity contribution < 1.29 is 9.90 Å². The molecule has 1 aliphatic heterocycles. The average molecular weight is 322 g/mol. The van der Waals surface area contributed by atoms with Crippen LogP contribution in [0.4, 0.5) is 5.82 Å². The van der Waals surface area contributed by atoms with Crippen molar-refractivity contribution in [3.05, 3.63) is 48.2 Å². The van der Waals surface area contributed by atoms with Gasteiger partial charge in [0.1, 0.15) is 5.82 Å². The van der Waals surface area contributed by atoms with Crippen LogP contribution in [0.15, 0.2) is 42.5 Å². The van der Waals surface area contributed by atoms with Crippen LogP contribution in [0.2, 0.25) is 0 Å². The molecule has 1 fully saturated rings. The van der Waals surface area contributed by atoms with Crippen molar-refractivity contribution in [3.63, 3.8) is 0 Å². The van der Waals surface area contributed by atoms with Crippen LogP contribution in [0.1, 0.15) is 29.8 Å². The van der Waals surface area contributed by atoms with Crippen LogP contribution in [-0.2, 0) is 0 Å². The number of hydrogen-bond acceptors (Lipinski definition) is 4. The number of aromatic nitrogens is 3. The quantitative estimate of drug-likeness (QED) is 0.802. The molecule has 1 aromatic carbocycles. The van der Waals surface area contributed by atoms with Gasteiger partial charge in [0.2, 0.25) is 0 Å². The van der Waals surface area contributed by atoms with Crippen molar-refractivity contribution in [1.29, 1.82) is 0 Å². The lowest BCUT2D eigenvalue weighted by Gasteiger charge is -2.29. The topological polar surface area (TPSA) is 70.7 Å². The summed E-state index contributed by atoms with van der Waals surface area (Å²) in [6.07, 6.45) is 3.50. The van der Waals surface area contributed by atoms with E-state index in [1.807, 2.05) is 36.4 Å². The Morgan fingerprint density at radius 1 is 1.04 bits per heavy atom. The molecule has 0 aliphatic carbocycles. The first-order chi connectivity index (χ1) is 11.7. The van der Waals surface area contributed by atoms with Crippen LogP contribution < -0.4 is 4.90 Å². The number of fused-ring (bicyclic) bond motifs is 1. The van der Waals surface area contributed by atoms with Gasteiger partial charge in [0.25, 0.3) is 0 Å². The van der Waals surface area contributed by atoms with Crippen molar-refractivity contribution in [3.8, 4) is 11.3 Å². The second kappa shape index (κ2) is 5.96. The molecule has 0 bridgehead atoms. The molecular weight excluding hydrogens is 304 g/mol. The number of benzene rings is 1. The molecule has 1 N–H and O–H groups in total. The molecule has 2 aromatic heterocycles. The third-order valence-corrected chi connectivity index (χ3v) is 4.38. The highest BCUT2D eigenvalue weighted by molar-refractivity contribution is 5.87. The van der Waals surface area contributed by atoms with E-state index in [0.717, 1.165) is 43.0 Å². The van der Waals surface area contributed by atoms with Crippen molar-refractivity contribution >= 4 is 17.4 Å². The fourth-order valence-electron chi connectivity index (χ4n) is 3.17. The summed E-state index contributed by atoms with van der Waals surface area (Å²) in [7, 11) is 0. The lowest BCUT2D eigenvalue weighted by Crippen LogP contribution is -2.31. The van der Waals surface area contributed by atoms with Gasteiger partial charge in [-0.2, -0.15) is 9.61 Å². The average Bonchev–Trinajstić information content (AvgIpc) is 3.07. The largest absolute Gasteiger partial charge is 0.476 e. The summed E-state index contributed by atoms with van der Waals surface area (Å²) < 4.78 is 1.65. The van der Waals surface area contributed by atoms with E-state index in [1.165, 1.54) is 12.5 Å². The zero-order valence-corrected chi connectivity index (χ0v) is 13.2. The number of anilines is 1. The Hall–Kier alpha value is -2.89. The van der Waals surface area contributed by atoms with Gasteiger partial charge in [-0.05, 0) is 19.3 Å². The van der Waals surface area contributed by atoms with Gasteiger partial charge in [-0.1, -0.05) is 30.3 Å².